The number of hydrogen-bond acceptors (Lipinski definition) is 4. The van der Waals surface area contributed by atoms with Gasteiger partial charge in [-0.25, -0.2) is 9.38 Å². The number of fused-ring (bicyclic) bond motifs is 1. The third-order valence-corrected chi connectivity index (χ3v) is 7.87. The van der Waals surface area contributed by atoms with E-state index in [9.17, 15) is 9.18 Å². The van der Waals surface area contributed by atoms with Crippen molar-refractivity contribution < 1.29 is 13.9 Å². The van der Waals surface area contributed by atoms with Crippen LogP contribution in [0.2, 0.25) is 0 Å². The van der Waals surface area contributed by atoms with Gasteiger partial charge < -0.3 is 4.74 Å². The standard InChI is InChI=1S/C35H27FN2O2S/c1-23-11-16-27(17-12-23)37-35-38(28-18-13-24(2)14-19-28)34(39)33(41-35)21-30-29-9-5-3-7-25(29)15-20-32(30)40-22-26-8-4-6-10-31(26)36/h3-21H,22H2,1-2H3/b33-21-,37-35?. The molecular weight excluding hydrogens is 531 g/mol. The summed E-state index contributed by atoms with van der Waals surface area (Å²) in [7, 11) is 0. The van der Waals surface area contributed by atoms with Crippen LogP contribution in [0.15, 0.2) is 119 Å². The van der Waals surface area contributed by atoms with E-state index in [0.29, 0.717) is 21.4 Å². The Morgan fingerprint density at radius 1 is 0.829 bits per heavy atom. The first-order valence-electron chi connectivity index (χ1n) is 13.3. The average molecular weight is 559 g/mol. The molecule has 0 unspecified atom stereocenters. The first-order chi connectivity index (χ1) is 20.0. The Hall–Kier alpha value is -4.68. The summed E-state index contributed by atoms with van der Waals surface area (Å²) in [5.74, 6) is 0.0804. The van der Waals surface area contributed by atoms with Crippen LogP contribution < -0.4 is 9.64 Å². The fourth-order valence-electron chi connectivity index (χ4n) is 4.65. The van der Waals surface area contributed by atoms with E-state index in [4.69, 9.17) is 9.73 Å². The maximum Gasteiger partial charge on any atom is 0.271 e. The predicted molar refractivity (Wildman–Crippen MR) is 167 cm³/mol. The summed E-state index contributed by atoms with van der Waals surface area (Å²) >= 11 is 1.33. The fraction of sp³-hybridized carbons (Fsp3) is 0.0857. The van der Waals surface area contributed by atoms with Crippen molar-refractivity contribution in [1.82, 2.24) is 0 Å². The highest BCUT2D eigenvalue weighted by Crippen LogP contribution is 2.40. The molecule has 6 rings (SSSR count). The lowest BCUT2D eigenvalue weighted by atomic mass is 10.0. The molecule has 0 atom stereocenters. The van der Waals surface area contributed by atoms with E-state index in [2.05, 4.69) is 0 Å². The molecule has 202 valence electrons. The van der Waals surface area contributed by atoms with Crippen LogP contribution in [0.3, 0.4) is 0 Å². The van der Waals surface area contributed by atoms with Gasteiger partial charge in [-0.15, -0.1) is 0 Å². The van der Waals surface area contributed by atoms with Crippen LogP contribution in [0.5, 0.6) is 5.75 Å². The number of aryl methyl sites for hydroxylation is 2. The number of hydrogen-bond donors (Lipinski definition) is 0. The Morgan fingerprint density at radius 2 is 1.51 bits per heavy atom. The lowest BCUT2D eigenvalue weighted by Gasteiger charge is -2.16. The van der Waals surface area contributed by atoms with Crippen molar-refractivity contribution in [2.24, 2.45) is 4.99 Å². The molecule has 0 aromatic heterocycles. The van der Waals surface area contributed by atoms with Crippen molar-refractivity contribution in [1.29, 1.82) is 0 Å². The van der Waals surface area contributed by atoms with E-state index in [-0.39, 0.29) is 18.3 Å². The van der Waals surface area contributed by atoms with Crippen molar-refractivity contribution in [3.63, 3.8) is 0 Å². The number of carbonyl (C=O) groups is 1. The number of thioether (sulfide) groups is 1. The Morgan fingerprint density at radius 3 is 2.27 bits per heavy atom. The minimum absolute atomic E-state index is 0.0674. The number of carbonyl (C=O) groups excluding carboxylic acids is 1. The zero-order chi connectivity index (χ0) is 28.3. The molecule has 5 aromatic carbocycles. The Bertz CT molecular complexity index is 1810. The first-order valence-corrected chi connectivity index (χ1v) is 14.1. The van der Waals surface area contributed by atoms with Crippen LogP contribution in [0.4, 0.5) is 15.8 Å². The Labute approximate surface area is 242 Å². The van der Waals surface area contributed by atoms with Gasteiger partial charge in [0.1, 0.15) is 18.2 Å². The second kappa shape index (κ2) is 11.4. The fourth-order valence-corrected chi connectivity index (χ4v) is 5.64. The van der Waals surface area contributed by atoms with Crippen LogP contribution >= 0.6 is 11.8 Å². The lowest BCUT2D eigenvalue weighted by molar-refractivity contribution is -0.113. The summed E-state index contributed by atoms with van der Waals surface area (Å²) in [6.45, 7) is 4.11. The van der Waals surface area contributed by atoms with Gasteiger partial charge in [0.15, 0.2) is 5.17 Å². The molecule has 5 aromatic rings. The number of amides is 1. The SMILES string of the molecule is Cc1ccc(N=C2S/C(=C\c3c(OCc4ccccc4F)ccc4ccccc34)C(=O)N2c2ccc(C)cc2)cc1. The molecule has 1 aliphatic heterocycles. The monoisotopic (exact) mass is 558 g/mol. The summed E-state index contributed by atoms with van der Waals surface area (Å²) < 4.78 is 20.5. The maximum absolute atomic E-state index is 14.3. The van der Waals surface area contributed by atoms with Crippen molar-refractivity contribution in [2.45, 2.75) is 20.5 Å². The molecule has 1 amide bonds. The van der Waals surface area contributed by atoms with E-state index in [1.807, 2.05) is 105 Å². The van der Waals surface area contributed by atoms with Gasteiger partial charge in [0, 0.05) is 11.1 Å². The quantitative estimate of drug-likeness (QED) is 0.195. The molecule has 0 spiro atoms. The molecule has 0 saturated carbocycles. The first kappa shape index (κ1) is 26.5. The summed E-state index contributed by atoms with van der Waals surface area (Å²) in [5.41, 5.74) is 4.98. The summed E-state index contributed by atoms with van der Waals surface area (Å²) in [4.78, 5) is 21.0. The van der Waals surface area contributed by atoms with Crippen LogP contribution in [0, 0.1) is 19.7 Å². The van der Waals surface area contributed by atoms with Crippen molar-refractivity contribution in [3.8, 4) is 5.75 Å². The van der Waals surface area contributed by atoms with Crippen LogP contribution in [-0.4, -0.2) is 11.1 Å². The van der Waals surface area contributed by atoms with E-state index in [1.54, 1.807) is 23.1 Å². The normalized spacial score (nSPS) is 15.3. The third-order valence-electron chi connectivity index (χ3n) is 6.90. The smallest absolute Gasteiger partial charge is 0.271 e. The highest BCUT2D eigenvalue weighted by Gasteiger charge is 2.35. The lowest BCUT2D eigenvalue weighted by Crippen LogP contribution is -2.28. The van der Waals surface area contributed by atoms with Gasteiger partial charge in [-0.3, -0.25) is 9.69 Å². The predicted octanol–water partition coefficient (Wildman–Crippen LogP) is 8.98. The number of nitrogens with zero attached hydrogens (tertiary/aromatic N) is 2. The number of ether oxygens (including phenoxy) is 1. The molecule has 1 fully saturated rings. The van der Waals surface area contributed by atoms with Crippen LogP contribution in [0.1, 0.15) is 22.3 Å². The molecule has 1 heterocycles. The van der Waals surface area contributed by atoms with E-state index < -0.39 is 0 Å². The van der Waals surface area contributed by atoms with Crippen molar-refractivity contribution in [2.75, 3.05) is 4.90 Å². The topological polar surface area (TPSA) is 41.9 Å². The third kappa shape index (κ3) is 5.65. The largest absolute Gasteiger partial charge is 0.488 e. The number of benzene rings is 5. The maximum atomic E-state index is 14.3. The minimum Gasteiger partial charge on any atom is -0.488 e. The summed E-state index contributed by atoms with van der Waals surface area (Å²) in [5, 5.41) is 2.52. The van der Waals surface area contributed by atoms with E-state index in [0.717, 1.165) is 38.8 Å². The second-order valence-corrected chi connectivity index (χ2v) is 10.9. The highest BCUT2D eigenvalue weighted by atomic mass is 32.2. The highest BCUT2D eigenvalue weighted by molar-refractivity contribution is 8.19. The molecule has 41 heavy (non-hydrogen) atoms. The molecule has 1 saturated heterocycles. The zero-order valence-electron chi connectivity index (χ0n) is 22.7. The number of aliphatic imine (C=N–C) groups is 1. The zero-order valence-corrected chi connectivity index (χ0v) is 23.5. The molecule has 0 aliphatic carbocycles. The minimum atomic E-state index is -0.319. The molecule has 1 aliphatic rings. The number of anilines is 1. The van der Waals surface area contributed by atoms with Crippen LogP contribution in [-0.2, 0) is 11.4 Å². The van der Waals surface area contributed by atoms with Crippen LogP contribution in [0.25, 0.3) is 16.8 Å². The van der Waals surface area contributed by atoms with Crippen molar-refractivity contribution >= 4 is 51.1 Å². The summed E-state index contributed by atoms with van der Waals surface area (Å²) in [6, 6.07) is 34.1. The van der Waals surface area contributed by atoms with E-state index in [1.165, 1.54) is 17.8 Å². The number of rotatable bonds is 6. The summed E-state index contributed by atoms with van der Waals surface area (Å²) in [6.07, 6.45) is 1.87. The Kier molecular flexibility index (Phi) is 7.40. The van der Waals surface area contributed by atoms with E-state index >= 15 is 0 Å². The van der Waals surface area contributed by atoms with Gasteiger partial charge in [0.05, 0.1) is 16.3 Å². The Balaban J connectivity index is 1.44. The van der Waals surface area contributed by atoms with Gasteiger partial charge in [-0.1, -0.05) is 83.9 Å². The number of halogens is 1. The average Bonchev–Trinajstić information content (AvgIpc) is 3.29. The molecular formula is C35H27FN2O2S. The van der Waals surface area contributed by atoms with Crippen molar-refractivity contribution in [3.05, 3.63) is 142 Å². The molecule has 0 bridgehead atoms. The molecule has 6 heteroatoms. The van der Waals surface area contributed by atoms with Gasteiger partial charge >= 0.3 is 0 Å². The number of amidine groups is 1. The molecule has 4 nitrogen and oxygen atoms in total. The molecule has 0 N–H and O–H groups in total. The van der Waals surface area contributed by atoms with Gasteiger partial charge in [0.25, 0.3) is 5.91 Å². The molecule has 0 radical (unpaired) electrons. The second-order valence-electron chi connectivity index (χ2n) is 9.90. The van der Waals surface area contributed by atoms with Gasteiger partial charge in [-0.05, 0) is 78.9 Å². The van der Waals surface area contributed by atoms with Gasteiger partial charge in [0.2, 0.25) is 0 Å². The van der Waals surface area contributed by atoms with Gasteiger partial charge in [-0.2, -0.15) is 0 Å².